The molecule has 11 heteroatoms. The van der Waals surface area contributed by atoms with E-state index in [1.165, 1.54) is 37.7 Å². The van der Waals surface area contributed by atoms with Gasteiger partial charge in [-0.2, -0.15) is 13.2 Å². The number of carbonyl (C=O) groups excluding carboxylic acids is 2. The summed E-state index contributed by atoms with van der Waals surface area (Å²) in [6.07, 6.45) is 8.91. The van der Waals surface area contributed by atoms with Gasteiger partial charge >= 0.3 is 6.18 Å². The number of hydrogen-bond acceptors (Lipinski definition) is 5. The van der Waals surface area contributed by atoms with E-state index >= 15 is 0 Å². The van der Waals surface area contributed by atoms with Crippen LogP contribution in [0.15, 0.2) is 30.3 Å². The van der Waals surface area contributed by atoms with E-state index in [-0.39, 0.29) is 31.0 Å². The minimum atomic E-state index is -3.96. The third-order valence-electron chi connectivity index (χ3n) is 6.70. The fourth-order valence-corrected chi connectivity index (χ4v) is 4.72. The summed E-state index contributed by atoms with van der Waals surface area (Å²) in [6.45, 7) is 14.1. The molecule has 2 rings (SSSR count). The maximum atomic E-state index is 12.1. The van der Waals surface area contributed by atoms with Crippen molar-refractivity contribution >= 4 is 22.6 Å². The fourth-order valence-electron chi connectivity index (χ4n) is 3.84. The van der Waals surface area contributed by atoms with Crippen LogP contribution in [0.25, 0.3) is 0 Å². The van der Waals surface area contributed by atoms with Crippen LogP contribution in [0.4, 0.5) is 13.2 Å². The van der Waals surface area contributed by atoms with Crippen molar-refractivity contribution in [1.29, 1.82) is 0 Å². The molecule has 0 saturated heterocycles. The van der Waals surface area contributed by atoms with E-state index in [4.69, 9.17) is 12.2 Å². The van der Waals surface area contributed by atoms with Crippen molar-refractivity contribution in [3.63, 3.8) is 0 Å². The molecule has 3 atom stereocenters. The second-order valence-corrected chi connectivity index (χ2v) is 13.3. The summed E-state index contributed by atoms with van der Waals surface area (Å²) < 4.78 is 43.8. The number of nitrogens with one attached hydrogen (secondary N) is 2. The highest BCUT2D eigenvalue weighted by molar-refractivity contribution is 7.85. The van der Waals surface area contributed by atoms with E-state index in [1.54, 1.807) is 0 Å². The molecule has 0 radical (unpaired) electrons. The lowest BCUT2D eigenvalue weighted by Crippen LogP contribution is -2.48. The summed E-state index contributed by atoms with van der Waals surface area (Å²) in [5, 5.41) is 15.0. The predicted octanol–water partition coefficient (Wildman–Crippen LogP) is 7.07. The Morgan fingerprint density at radius 2 is 1.64 bits per heavy atom. The number of benzene rings is 1. The normalized spacial score (nSPS) is 14.4. The zero-order valence-electron chi connectivity index (χ0n) is 30.0. The average Bonchev–Trinajstić information content (AvgIpc) is 3.04. The number of amides is 2. The molecule has 47 heavy (non-hydrogen) atoms. The number of terminal acetylenes is 1. The summed E-state index contributed by atoms with van der Waals surface area (Å²) in [4.78, 5) is 24.0. The van der Waals surface area contributed by atoms with Crippen LogP contribution in [0, 0.1) is 31.1 Å². The number of halogens is 3. The Balaban J connectivity index is -0.000000697. The summed E-state index contributed by atoms with van der Waals surface area (Å²) in [5.41, 5.74) is 6.62. The number of nitrogens with two attached hydrogens (primary N) is 1. The van der Waals surface area contributed by atoms with E-state index in [0.29, 0.717) is 24.6 Å². The van der Waals surface area contributed by atoms with Crippen LogP contribution in [0.3, 0.4) is 0 Å². The van der Waals surface area contributed by atoms with Crippen molar-refractivity contribution < 1.29 is 32.1 Å². The molecular formula is C36H64F3N3O4S. The molecule has 1 unspecified atom stereocenters. The Kier molecular flexibility index (Phi) is 33.5. The van der Waals surface area contributed by atoms with Gasteiger partial charge in [0.2, 0.25) is 11.8 Å². The maximum absolute atomic E-state index is 12.1. The fraction of sp³-hybridized carbons (Fsp3) is 0.722. The number of carbonyl (C=O) groups is 2. The zero-order valence-corrected chi connectivity index (χ0v) is 30.8. The Morgan fingerprint density at radius 1 is 1.09 bits per heavy atom. The van der Waals surface area contributed by atoms with Crippen molar-refractivity contribution in [2.45, 2.75) is 131 Å². The van der Waals surface area contributed by atoms with Crippen molar-refractivity contribution in [2.75, 3.05) is 24.6 Å². The second kappa shape index (κ2) is 32.1. The van der Waals surface area contributed by atoms with E-state index in [9.17, 15) is 32.1 Å². The summed E-state index contributed by atoms with van der Waals surface area (Å²) in [6, 6.07) is 9.40. The van der Waals surface area contributed by atoms with Gasteiger partial charge in [0.15, 0.2) is 0 Å². The molecule has 7 nitrogen and oxygen atoms in total. The molecule has 1 fully saturated rings. The van der Waals surface area contributed by atoms with Crippen LogP contribution in [0.5, 0.6) is 0 Å². The third kappa shape index (κ3) is 36.3. The lowest BCUT2D eigenvalue weighted by atomic mass is 9.91. The zero-order chi connectivity index (χ0) is 36.7. The van der Waals surface area contributed by atoms with Crippen LogP contribution in [-0.2, 0) is 20.4 Å². The van der Waals surface area contributed by atoms with Crippen LogP contribution in [0.1, 0.15) is 111 Å². The number of aliphatic hydroxyl groups excluding tert-OH is 1. The first kappa shape index (κ1) is 49.0. The van der Waals surface area contributed by atoms with E-state index < -0.39 is 41.4 Å². The Morgan fingerprint density at radius 3 is 2.02 bits per heavy atom. The minimum Gasteiger partial charge on any atom is -0.391 e. The molecule has 0 aromatic heterocycles. The lowest BCUT2D eigenvalue weighted by molar-refractivity contribution is -0.130. The van der Waals surface area contributed by atoms with Crippen molar-refractivity contribution in [3.8, 4) is 12.3 Å². The first-order valence-electron chi connectivity index (χ1n) is 17.0. The Labute approximate surface area is 286 Å². The Bertz CT molecular complexity index is 951. The second-order valence-electron chi connectivity index (χ2n) is 11.7. The first-order valence-corrected chi connectivity index (χ1v) is 18.5. The van der Waals surface area contributed by atoms with Gasteiger partial charge < -0.3 is 21.5 Å². The largest absolute Gasteiger partial charge is 0.391 e. The predicted molar refractivity (Wildman–Crippen MR) is 191 cm³/mol. The molecule has 0 aliphatic heterocycles. The molecule has 0 heterocycles. The van der Waals surface area contributed by atoms with E-state index in [2.05, 4.69) is 56.4 Å². The first-order chi connectivity index (χ1) is 22.1. The molecule has 5 N–H and O–H groups in total. The SMILES string of the molecule is C#CC[C@H](NC(=O)CCS(=O)CCN)C(=O)NC[C@@H](O)CCC(C)C.CC.CC1CCCCC1.CCC(F)(F)F.Cc1ccccc1. The van der Waals surface area contributed by atoms with Crippen LogP contribution < -0.4 is 16.4 Å². The van der Waals surface area contributed by atoms with Gasteiger partial charge in [0.1, 0.15) is 6.04 Å². The molecule has 0 bridgehead atoms. The smallest absolute Gasteiger partial charge is 0.388 e. The molecule has 2 amide bonds. The van der Waals surface area contributed by atoms with E-state index in [1.807, 2.05) is 32.0 Å². The van der Waals surface area contributed by atoms with Crippen molar-refractivity contribution in [1.82, 2.24) is 10.6 Å². The summed E-state index contributed by atoms with van der Waals surface area (Å²) >= 11 is 0. The standard InChI is InChI=1S/C17H31N3O4S.C7H14.C7H8.C3H5F3.C2H6/c1-4-5-15(20-16(22)8-10-25(24)11-9-18)17(23)19-12-14(21)7-6-13(2)3;2*1-7-5-3-2-4-6-7;1-2-3(4,5)6;1-2/h1,13-15,21H,5-12,18H2,2-3H3,(H,19,23)(H,20,22);7H,2-6H2,1H3;2-6H,1H3;2H2,1H3;1-2H3/t14-,15-,25?;;;;/m0..../s1. The molecular weight excluding hydrogens is 627 g/mol. The Hall–Kier alpha value is -2.42. The molecule has 1 aromatic carbocycles. The number of aliphatic hydroxyl groups is 1. The molecule has 1 aliphatic rings. The van der Waals surface area contributed by atoms with Gasteiger partial charge in [0.05, 0.1) is 6.10 Å². The van der Waals surface area contributed by atoms with Crippen LogP contribution in [0.2, 0.25) is 0 Å². The summed E-state index contributed by atoms with van der Waals surface area (Å²) in [5.74, 6) is 3.58. The van der Waals surface area contributed by atoms with Crippen molar-refractivity contribution in [3.05, 3.63) is 35.9 Å². The average molecular weight is 692 g/mol. The molecule has 1 saturated carbocycles. The van der Waals surface area contributed by atoms with Gasteiger partial charge in [-0.25, -0.2) is 0 Å². The highest BCUT2D eigenvalue weighted by Gasteiger charge is 2.23. The maximum Gasteiger partial charge on any atom is 0.388 e. The molecule has 274 valence electrons. The topological polar surface area (TPSA) is 122 Å². The van der Waals surface area contributed by atoms with Gasteiger partial charge in [-0.3, -0.25) is 13.8 Å². The van der Waals surface area contributed by atoms with Gasteiger partial charge in [-0.1, -0.05) is 110 Å². The molecule has 1 aliphatic carbocycles. The summed E-state index contributed by atoms with van der Waals surface area (Å²) in [7, 11) is -1.15. The van der Waals surface area contributed by atoms with Gasteiger partial charge in [0, 0.05) is 54.7 Å². The molecule has 0 spiro atoms. The quantitative estimate of drug-likeness (QED) is 0.165. The lowest BCUT2D eigenvalue weighted by Gasteiger charge is -2.18. The van der Waals surface area contributed by atoms with Gasteiger partial charge in [-0.15, -0.1) is 12.3 Å². The van der Waals surface area contributed by atoms with Crippen LogP contribution >= 0.6 is 0 Å². The van der Waals surface area contributed by atoms with Crippen LogP contribution in [-0.4, -0.2) is 64.0 Å². The molecule has 1 aromatic rings. The number of aryl methyl sites for hydroxylation is 1. The third-order valence-corrected chi connectivity index (χ3v) is 8.05. The number of rotatable bonds is 13. The highest BCUT2D eigenvalue weighted by atomic mass is 32.2. The van der Waals surface area contributed by atoms with Gasteiger partial charge in [-0.05, 0) is 31.6 Å². The minimum absolute atomic E-state index is 0.0397. The number of hydrogen-bond donors (Lipinski definition) is 4. The van der Waals surface area contributed by atoms with Crippen molar-refractivity contribution in [2.24, 2.45) is 17.6 Å². The number of alkyl halides is 3. The monoisotopic (exact) mass is 691 g/mol. The van der Waals surface area contributed by atoms with E-state index in [0.717, 1.165) is 19.3 Å². The highest BCUT2D eigenvalue weighted by Crippen LogP contribution is 2.22. The van der Waals surface area contributed by atoms with Gasteiger partial charge in [0.25, 0.3) is 0 Å².